The van der Waals surface area contributed by atoms with Crippen molar-refractivity contribution in [1.29, 1.82) is 0 Å². The Balaban J connectivity index is 2.31. The van der Waals surface area contributed by atoms with Gasteiger partial charge in [-0.1, -0.05) is 0 Å². The van der Waals surface area contributed by atoms with Gasteiger partial charge in [-0.15, -0.1) is 0 Å². The molecule has 0 radical (unpaired) electrons. The number of carbonyl (C=O) groups is 2. The SMILES string of the molecule is CC(=O)NCC(=O)CC1CCOC(C)(C)C1. The molecule has 1 rings (SSSR count). The van der Waals surface area contributed by atoms with Gasteiger partial charge in [0, 0.05) is 20.0 Å². The maximum absolute atomic E-state index is 11.6. The van der Waals surface area contributed by atoms with E-state index >= 15 is 0 Å². The Hall–Kier alpha value is -0.900. The molecule has 1 aliphatic rings. The van der Waals surface area contributed by atoms with Gasteiger partial charge in [0.15, 0.2) is 5.78 Å². The van der Waals surface area contributed by atoms with E-state index in [1.807, 2.05) is 0 Å². The summed E-state index contributed by atoms with van der Waals surface area (Å²) >= 11 is 0. The Morgan fingerprint density at radius 1 is 1.44 bits per heavy atom. The maximum Gasteiger partial charge on any atom is 0.217 e. The number of hydrogen-bond donors (Lipinski definition) is 1. The molecule has 0 saturated carbocycles. The number of rotatable bonds is 4. The second-order valence-electron chi connectivity index (χ2n) is 5.12. The summed E-state index contributed by atoms with van der Waals surface area (Å²) in [6.07, 6.45) is 2.40. The highest BCUT2D eigenvalue weighted by molar-refractivity contribution is 5.85. The lowest BCUT2D eigenvalue weighted by Crippen LogP contribution is -2.36. The highest BCUT2D eigenvalue weighted by Crippen LogP contribution is 2.30. The summed E-state index contributed by atoms with van der Waals surface area (Å²) in [5, 5.41) is 2.54. The third kappa shape index (κ3) is 4.75. The van der Waals surface area contributed by atoms with E-state index < -0.39 is 0 Å². The van der Waals surface area contributed by atoms with Crippen LogP contribution in [-0.2, 0) is 14.3 Å². The summed E-state index contributed by atoms with van der Waals surface area (Å²) in [5.74, 6) is 0.351. The number of Topliss-reactive ketones (excluding diaryl/α,β-unsaturated/α-hetero) is 1. The molecule has 0 aliphatic carbocycles. The van der Waals surface area contributed by atoms with Crippen LogP contribution in [0.3, 0.4) is 0 Å². The van der Waals surface area contributed by atoms with E-state index in [1.54, 1.807) is 0 Å². The third-order valence-electron chi connectivity index (χ3n) is 2.85. The molecule has 1 unspecified atom stereocenters. The molecule has 0 bridgehead atoms. The minimum absolute atomic E-state index is 0.109. The molecule has 1 N–H and O–H groups in total. The van der Waals surface area contributed by atoms with E-state index in [-0.39, 0.29) is 23.8 Å². The van der Waals surface area contributed by atoms with Crippen molar-refractivity contribution in [3.8, 4) is 0 Å². The van der Waals surface area contributed by atoms with Gasteiger partial charge in [-0.3, -0.25) is 9.59 Å². The average molecular weight is 227 g/mol. The first kappa shape index (κ1) is 13.2. The number of carbonyl (C=O) groups excluding carboxylic acids is 2. The van der Waals surface area contributed by atoms with Gasteiger partial charge in [0.2, 0.25) is 5.91 Å². The lowest BCUT2D eigenvalue weighted by molar-refractivity contribution is -0.126. The van der Waals surface area contributed by atoms with E-state index in [1.165, 1.54) is 6.92 Å². The van der Waals surface area contributed by atoms with Crippen LogP contribution < -0.4 is 5.32 Å². The van der Waals surface area contributed by atoms with Crippen molar-refractivity contribution in [2.75, 3.05) is 13.2 Å². The fourth-order valence-electron chi connectivity index (χ4n) is 2.15. The summed E-state index contributed by atoms with van der Waals surface area (Å²) in [6, 6.07) is 0. The van der Waals surface area contributed by atoms with Gasteiger partial charge < -0.3 is 10.1 Å². The molecule has 1 amide bonds. The highest BCUT2D eigenvalue weighted by atomic mass is 16.5. The number of amides is 1. The molecule has 4 heteroatoms. The van der Waals surface area contributed by atoms with Crippen LogP contribution in [0.2, 0.25) is 0 Å². The molecular formula is C12H21NO3. The molecule has 0 aromatic rings. The van der Waals surface area contributed by atoms with Crippen LogP contribution in [0, 0.1) is 5.92 Å². The predicted molar refractivity (Wildman–Crippen MR) is 61.1 cm³/mol. The zero-order valence-corrected chi connectivity index (χ0v) is 10.3. The first-order valence-electron chi connectivity index (χ1n) is 5.79. The fourth-order valence-corrected chi connectivity index (χ4v) is 2.15. The summed E-state index contributed by atoms with van der Waals surface area (Å²) in [5.41, 5.74) is -0.114. The van der Waals surface area contributed by atoms with Crippen molar-refractivity contribution in [3.63, 3.8) is 0 Å². The van der Waals surface area contributed by atoms with Gasteiger partial charge in [0.1, 0.15) is 0 Å². The van der Waals surface area contributed by atoms with Crippen LogP contribution in [0.25, 0.3) is 0 Å². The van der Waals surface area contributed by atoms with E-state index in [4.69, 9.17) is 4.74 Å². The Kier molecular flexibility index (Phi) is 4.47. The molecule has 0 aromatic carbocycles. The van der Waals surface area contributed by atoms with Crippen LogP contribution in [0.4, 0.5) is 0 Å². The summed E-state index contributed by atoms with van der Waals surface area (Å²) in [7, 11) is 0. The molecule has 1 aliphatic heterocycles. The van der Waals surface area contributed by atoms with Crippen molar-refractivity contribution >= 4 is 11.7 Å². The first-order valence-corrected chi connectivity index (χ1v) is 5.79. The molecule has 1 fully saturated rings. The molecule has 4 nitrogen and oxygen atoms in total. The summed E-state index contributed by atoms with van der Waals surface area (Å²) < 4.78 is 5.59. The van der Waals surface area contributed by atoms with Crippen molar-refractivity contribution in [2.24, 2.45) is 5.92 Å². The molecule has 16 heavy (non-hydrogen) atoms. The minimum Gasteiger partial charge on any atom is -0.376 e. The monoisotopic (exact) mass is 227 g/mol. The molecule has 92 valence electrons. The van der Waals surface area contributed by atoms with Gasteiger partial charge in [0.05, 0.1) is 12.1 Å². The van der Waals surface area contributed by atoms with Crippen molar-refractivity contribution in [2.45, 2.75) is 45.6 Å². The highest BCUT2D eigenvalue weighted by Gasteiger charge is 2.29. The van der Waals surface area contributed by atoms with Crippen LogP contribution >= 0.6 is 0 Å². The van der Waals surface area contributed by atoms with E-state index in [2.05, 4.69) is 19.2 Å². The molecule has 0 spiro atoms. The van der Waals surface area contributed by atoms with Gasteiger partial charge in [-0.2, -0.15) is 0 Å². The Morgan fingerprint density at radius 3 is 2.69 bits per heavy atom. The molecule has 1 atom stereocenters. The maximum atomic E-state index is 11.6. The lowest BCUT2D eigenvalue weighted by atomic mass is 9.85. The number of hydrogen-bond acceptors (Lipinski definition) is 3. The first-order chi connectivity index (χ1) is 7.39. The van der Waals surface area contributed by atoms with Crippen LogP contribution in [-0.4, -0.2) is 30.4 Å². The Morgan fingerprint density at radius 2 is 2.12 bits per heavy atom. The van der Waals surface area contributed by atoms with Crippen molar-refractivity contribution in [1.82, 2.24) is 5.32 Å². The quantitative estimate of drug-likeness (QED) is 0.787. The summed E-state index contributed by atoms with van der Waals surface area (Å²) in [4.78, 5) is 22.2. The molecule has 1 heterocycles. The zero-order chi connectivity index (χ0) is 12.2. The normalized spacial score (nSPS) is 23.8. The fraction of sp³-hybridized carbons (Fsp3) is 0.833. The largest absolute Gasteiger partial charge is 0.376 e. The average Bonchev–Trinajstić information content (AvgIpc) is 2.13. The van der Waals surface area contributed by atoms with Gasteiger partial charge >= 0.3 is 0 Å². The summed E-state index contributed by atoms with van der Waals surface area (Å²) in [6.45, 7) is 6.41. The van der Waals surface area contributed by atoms with E-state index in [0.29, 0.717) is 12.3 Å². The van der Waals surface area contributed by atoms with Crippen LogP contribution in [0.1, 0.15) is 40.0 Å². The van der Waals surface area contributed by atoms with E-state index in [9.17, 15) is 9.59 Å². The number of ether oxygens (including phenoxy) is 1. The van der Waals surface area contributed by atoms with Crippen molar-refractivity contribution < 1.29 is 14.3 Å². The smallest absolute Gasteiger partial charge is 0.217 e. The predicted octanol–water partition coefficient (Wildman–Crippen LogP) is 1.29. The van der Waals surface area contributed by atoms with Crippen LogP contribution in [0.5, 0.6) is 0 Å². The molecule has 1 saturated heterocycles. The number of ketones is 1. The standard InChI is InChI=1S/C12H21NO3/c1-9(14)13-8-11(15)6-10-4-5-16-12(2,3)7-10/h10H,4-8H2,1-3H3,(H,13,14). The number of nitrogens with one attached hydrogen (secondary N) is 1. The third-order valence-corrected chi connectivity index (χ3v) is 2.85. The van der Waals surface area contributed by atoms with Crippen molar-refractivity contribution in [3.05, 3.63) is 0 Å². The second-order valence-corrected chi connectivity index (χ2v) is 5.12. The van der Waals surface area contributed by atoms with Gasteiger partial charge in [-0.25, -0.2) is 0 Å². The zero-order valence-electron chi connectivity index (χ0n) is 10.3. The molecular weight excluding hydrogens is 206 g/mol. The van der Waals surface area contributed by atoms with Crippen LogP contribution in [0.15, 0.2) is 0 Å². The van der Waals surface area contributed by atoms with Gasteiger partial charge in [0.25, 0.3) is 0 Å². The second kappa shape index (κ2) is 5.43. The molecule has 0 aromatic heterocycles. The Bertz CT molecular complexity index is 273. The Labute approximate surface area is 96.7 Å². The topological polar surface area (TPSA) is 55.4 Å². The van der Waals surface area contributed by atoms with Gasteiger partial charge in [-0.05, 0) is 32.6 Å². The lowest BCUT2D eigenvalue weighted by Gasteiger charge is -2.35. The minimum atomic E-state index is -0.152. The van der Waals surface area contributed by atoms with E-state index in [0.717, 1.165) is 19.4 Å².